The SMILES string of the molecule is CCCC1=CNC=CO1. The molecule has 1 aliphatic heterocycles. The normalized spacial score (nSPS) is 15.9. The van der Waals surface area contributed by atoms with Gasteiger partial charge in [-0.05, 0) is 6.42 Å². The molecule has 0 aliphatic carbocycles. The third-order valence-corrected chi connectivity index (χ3v) is 1.12. The van der Waals surface area contributed by atoms with Crippen LogP contribution in [0.1, 0.15) is 19.8 Å². The molecule has 0 amide bonds. The molecule has 0 saturated heterocycles. The van der Waals surface area contributed by atoms with Gasteiger partial charge in [-0.1, -0.05) is 6.92 Å². The van der Waals surface area contributed by atoms with Crippen molar-refractivity contribution in [3.8, 4) is 0 Å². The van der Waals surface area contributed by atoms with Gasteiger partial charge in [-0.2, -0.15) is 0 Å². The molecule has 0 radical (unpaired) electrons. The van der Waals surface area contributed by atoms with Crippen LogP contribution in [0, 0.1) is 0 Å². The number of rotatable bonds is 2. The second-order valence-electron chi connectivity index (χ2n) is 1.95. The fourth-order valence-corrected chi connectivity index (χ4v) is 0.713. The van der Waals surface area contributed by atoms with E-state index >= 15 is 0 Å². The molecule has 9 heavy (non-hydrogen) atoms. The first-order valence-electron chi connectivity index (χ1n) is 3.20. The lowest BCUT2D eigenvalue weighted by molar-refractivity contribution is 0.320. The first-order valence-corrected chi connectivity index (χ1v) is 3.20. The molecule has 0 saturated carbocycles. The van der Waals surface area contributed by atoms with E-state index in [4.69, 9.17) is 4.74 Å². The zero-order valence-corrected chi connectivity index (χ0v) is 5.55. The van der Waals surface area contributed by atoms with Crippen molar-refractivity contribution in [2.75, 3.05) is 0 Å². The van der Waals surface area contributed by atoms with E-state index in [1.165, 1.54) is 0 Å². The highest BCUT2D eigenvalue weighted by molar-refractivity contribution is 5.00. The molecule has 0 atom stereocenters. The van der Waals surface area contributed by atoms with E-state index in [-0.39, 0.29) is 0 Å². The molecule has 0 aromatic rings. The lowest BCUT2D eigenvalue weighted by atomic mass is 10.3. The lowest BCUT2D eigenvalue weighted by Gasteiger charge is -2.08. The molecule has 0 spiro atoms. The van der Waals surface area contributed by atoms with Crippen LogP contribution in [0.15, 0.2) is 24.4 Å². The predicted molar refractivity (Wildman–Crippen MR) is 36.4 cm³/mol. The van der Waals surface area contributed by atoms with Gasteiger partial charge in [0.1, 0.15) is 12.0 Å². The van der Waals surface area contributed by atoms with Gasteiger partial charge in [0.25, 0.3) is 0 Å². The summed E-state index contributed by atoms with van der Waals surface area (Å²) in [5.74, 6) is 1.01. The Hall–Kier alpha value is -0.920. The maximum absolute atomic E-state index is 5.14. The van der Waals surface area contributed by atoms with E-state index in [0.717, 1.165) is 18.6 Å². The lowest BCUT2D eigenvalue weighted by Crippen LogP contribution is -2.02. The number of hydrogen-bond donors (Lipinski definition) is 1. The molecule has 1 aliphatic rings. The summed E-state index contributed by atoms with van der Waals surface area (Å²) in [5, 5.41) is 2.95. The number of nitrogens with one attached hydrogen (secondary N) is 1. The van der Waals surface area contributed by atoms with Crippen LogP contribution >= 0.6 is 0 Å². The predicted octanol–water partition coefficient (Wildman–Crippen LogP) is 1.72. The van der Waals surface area contributed by atoms with Crippen molar-refractivity contribution in [2.24, 2.45) is 0 Å². The molecule has 0 aromatic carbocycles. The Kier molecular flexibility index (Phi) is 2.19. The Labute approximate surface area is 55.2 Å². The van der Waals surface area contributed by atoms with Crippen LogP contribution in [0.5, 0.6) is 0 Å². The van der Waals surface area contributed by atoms with Gasteiger partial charge in [0.05, 0.1) is 0 Å². The van der Waals surface area contributed by atoms with E-state index in [0.29, 0.717) is 0 Å². The summed E-state index contributed by atoms with van der Waals surface area (Å²) < 4.78 is 5.14. The van der Waals surface area contributed by atoms with Crippen LogP contribution in [0.3, 0.4) is 0 Å². The zero-order chi connectivity index (χ0) is 6.53. The van der Waals surface area contributed by atoms with E-state index in [1.54, 1.807) is 12.5 Å². The zero-order valence-electron chi connectivity index (χ0n) is 5.55. The molecule has 1 heterocycles. The minimum Gasteiger partial charge on any atom is -0.466 e. The third-order valence-electron chi connectivity index (χ3n) is 1.12. The number of ether oxygens (including phenoxy) is 1. The summed E-state index contributed by atoms with van der Waals surface area (Å²) in [6.07, 6.45) is 7.44. The second-order valence-corrected chi connectivity index (χ2v) is 1.95. The molecule has 2 heteroatoms. The average molecular weight is 125 g/mol. The van der Waals surface area contributed by atoms with Gasteiger partial charge < -0.3 is 10.1 Å². The van der Waals surface area contributed by atoms with Crippen molar-refractivity contribution >= 4 is 0 Å². The topological polar surface area (TPSA) is 21.3 Å². The molecule has 0 aromatic heterocycles. The largest absolute Gasteiger partial charge is 0.466 e. The average Bonchev–Trinajstić information content (AvgIpc) is 1.91. The van der Waals surface area contributed by atoms with Crippen molar-refractivity contribution in [1.82, 2.24) is 5.32 Å². The Morgan fingerprint density at radius 2 is 2.56 bits per heavy atom. The maximum Gasteiger partial charge on any atom is 0.119 e. The van der Waals surface area contributed by atoms with Crippen LogP contribution in [0.2, 0.25) is 0 Å². The summed E-state index contributed by atoms with van der Waals surface area (Å²) in [6.45, 7) is 2.13. The summed E-state index contributed by atoms with van der Waals surface area (Å²) in [5.41, 5.74) is 0. The van der Waals surface area contributed by atoms with Crippen molar-refractivity contribution in [3.63, 3.8) is 0 Å². The van der Waals surface area contributed by atoms with Gasteiger partial charge in [-0.3, -0.25) is 0 Å². The fraction of sp³-hybridized carbons (Fsp3) is 0.429. The van der Waals surface area contributed by atoms with Gasteiger partial charge >= 0.3 is 0 Å². The van der Waals surface area contributed by atoms with Crippen LogP contribution in [-0.2, 0) is 4.74 Å². The highest BCUT2D eigenvalue weighted by Gasteiger charge is 1.95. The van der Waals surface area contributed by atoms with Gasteiger partial charge in [-0.25, -0.2) is 0 Å². The Balaban J connectivity index is 2.32. The van der Waals surface area contributed by atoms with E-state index in [9.17, 15) is 0 Å². The molecule has 50 valence electrons. The van der Waals surface area contributed by atoms with Crippen molar-refractivity contribution in [1.29, 1.82) is 0 Å². The smallest absolute Gasteiger partial charge is 0.119 e. The first-order chi connectivity index (χ1) is 4.43. The summed E-state index contributed by atoms with van der Waals surface area (Å²) in [7, 11) is 0. The Morgan fingerprint density at radius 3 is 3.11 bits per heavy atom. The van der Waals surface area contributed by atoms with Gasteiger partial charge in [-0.15, -0.1) is 0 Å². The van der Waals surface area contributed by atoms with Crippen LogP contribution < -0.4 is 5.32 Å². The molecular weight excluding hydrogens is 114 g/mol. The number of hydrogen-bond acceptors (Lipinski definition) is 2. The molecule has 0 bridgehead atoms. The summed E-state index contributed by atoms with van der Waals surface area (Å²) >= 11 is 0. The van der Waals surface area contributed by atoms with Crippen LogP contribution in [0.25, 0.3) is 0 Å². The monoisotopic (exact) mass is 125 g/mol. The van der Waals surface area contributed by atoms with Crippen molar-refractivity contribution in [2.45, 2.75) is 19.8 Å². The van der Waals surface area contributed by atoms with Crippen LogP contribution in [0.4, 0.5) is 0 Å². The summed E-state index contributed by atoms with van der Waals surface area (Å²) in [6, 6.07) is 0. The Bertz CT molecular complexity index is 138. The molecular formula is C7H11NO. The van der Waals surface area contributed by atoms with Crippen LogP contribution in [-0.4, -0.2) is 0 Å². The van der Waals surface area contributed by atoms with E-state index in [1.807, 2.05) is 6.20 Å². The molecule has 0 fully saturated rings. The Morgan fingerprint density at radius 1 is 1.67 bits per heavy atom. The fourth-order valence-electron chi connectivity index (χ4n) is 0.713. The highest BCUT2D eigenvalue weighted by atomic mass is 16.5. The van der Waals surface area contributed by atoms with Gasteiger partial charge in [0, 0.05) is 18.8 Å². The molecule has 1 N–H and O–H groups in total. The molecule has 1 rings (SSSR count). The number of allylic oxidation sites excluding steroid dienone is 1. The first kappa shape index (κ1) is 6.20. The summed E-state index contributed by atoms with van der Waals surface area (Å²) in [4.78, 5) is 0. The van der Waals surface area contributed by atoms with E-state index in [2.05, 4.69) is 12.2 Å². The molecule has 2 nitrogen and oxygen atoms in total. The minimum atomic E-state index is 1.01. The maximum atomic E-state index is 5.14. The van der Waals surface area contributed by atoms with Crippen molar-refractivity contribution in [3.05, 3.63) is 24.4 Å². The van der Waals surface area contributed by atoms with Gasteiger partial charge in [0.2, 0.25) is 0 Å². The quantitative estimate of drug-likeness (QED) is 0.606. The second kappa shape index (κ2) is 3.17. The third kappa shape index (κ3) is 1.80. The van der Waals surface area contributed by atoms with E-state index < -0.39 is 0 Å². The van der Waals surface area contributed by atoms with Gasteiger partial charge in [0.15, 0.2) is 0 Å². The van der Waals surface area contributed by atoms with Crippen molar-refractivity contribution < 1.29 is 4.74 Å². The minimum absolute atomic E-state index is 1.01. The molecule has 0 unspecified atom stereocenters. The highest BCUT2D eigenvalue weighted by Crippen LogP contribution is 2.07. The standard InChI is InChI=1S/C7H11NO/c1-2-3-7-6-8-4-5-9-7/h4-6,8H,2-3H2,1H3.